The number of aliphatic imine (C=N–C) groups is 1. The van der Waals surface area contributed by atoms with Gasteiger partial charge >= 0.3 is 0 Å². The van der Waals surface area contributed by atoms with Crippen LogP contribution in [0.5, 0.6) is 5.75 Å². The molecular formula is C18H18ClN3O4. The predicted octanol–water partition coefficient (Wildman–Crippen LogP) is 1.49. The summed E-state index contributed by atoms with van der Waals surface area (Å²) in [5.74, 6) is -0.698. The van der Waals surface area contributed by atoms with Gasteiger partial charge in [-0.15, -0.1) is 0 Å². The van der Waals surface area contributed by atoms with Crippen LogP contribution >= 0.6 is 11.6 Å². The Bertz CT molecular complexity index is 818. The van der Waals surface area contributed by atoms with E-state index in [1.54, 1.807) is 0 Å². The van der Waals surface area contributed by atoms with E-state index in [0.29, 0.717) is 5.69 Å². The lowest BCUT2D eigenvalue weighted by molar-refractivity contribution is -0.921. The number of nitrogens with zero attached hydrogens (tertiary/aromatic N) is 2. The molecule has 0 aromatic heterocycles. The fourth-order valence-corrected chi connectivity index (χ4v) is 3.02. The quantitative estimate of drug-likeness (QED) is 0.487. The number of ether oxygens (including phenoxy) is 1. The number of hydrogen-bond acceptors (Lipinski definition) is 5. The molecule has 1 N–H and O–H groups in total. The second kappa shape index (κ2) is 8.27. The molecule has 2 aromatic rings. The first-order chi connectivity index (χ1) is 12.5. The summed E-state index contributed by atoms with van der Waals surface area (Å²) in [6.07, 6.45) is 1.31. The molecule has 0 aliphatic carbocycles. The lowest BCUT2D eigenvalue weighted by Gasteiger charge is -2.23. The van der Waals surface area contributed by atoms with Crippen molar-refractivity contribution in [2.24, 2.45) is 4.99 Å². The maximum atomic E-state index is 12.1. The third kappa shape index (κ3) is 4.57. The van der Waals surface area contributed by atoms with E-state index in [-0.39, 0.29) is 10.6 Å². The van der Waals surface area contributed by atoms with Gasteiger partial charge in [0.05, 0.1) is 23.8 Å². The van der Waals surface area contributed by atoms with E-state index in [2.05, 4.69) is 4.99 Å². The zero-order valence-corrected chi connectivity index (χ0v) is 14.7. The molecular weight excluding hydrogens is 358 g/mol. The number of nitro groups is 1. The topological polar surface area (TPSA) is 92.2 Å². The lowest BCUT2D eigenvalue weighted by Crippen LogP contribution is -3.12. The van der Waals surface area contributed by atoms with Gasteiger partial charge in [0, 0.05) is 22.9 Å². The molecule has 1 saturated heterocycles. The number of rotatable bonds is 5. The Hall–Kier alpha value is -2.48. The summed E-state index contributed by atoms with van der Waals surface area (Å²) in [5.41, 5.74) is 1.39. The molecule has 1 aliphatic rings. The summed E-state index contributed by atoms with van der Waals surface area (Å²) < 4.78 is 5.35. The van der Waals surface area contributed by atoms with Gasteiger partial charge in [-0.05, 0) is 29.5 Å². The van der Waals surface area contributed by atoms with Crippen molar-refractivity contribution in [1.82, 2.24) is 0 Å². The number of benzene rings is 2. The SMILES string of the molecule is O=[N+]([O-])c1cc(Cl)cc(C=Nc2ccc(C[NH+]3CCOCC3)cc2)c1[O-]. The van der Waals surface area contributed by atoms with Crippen molar-refractivity contribution in [3.63, 3.8) is 0 Å². The molecule has 8 heteroatoms. The molecule has 0 amide bonds. The first kappa shape index (κ1) is 18.3. The van der Waals surface area contributed by atoms with E-state index in [0.717, 1.165) is 38.9 Å². The van der Waals surface area contributed by atoms with Crippen molar-refractivity contribution in [1.29, 1.82) is 0 Å². The van der Waals surface area contributed by atoms with Gasteiger partial charge in [0.15, 0.2) is 0 Å². The highest BCUT2D eigenvalue weighted by atomic mass is 35.5. The highest BCUT2D eigenvalue weighted by molar-refractivity contribution is 6.31. The van der Waals surface area contributed by atoms with Crippen LogP contribution < -0.4 is 10.0 Å². The standard InChI is InChI=1S/C18H18ClN3O4/c19-15-9-14(18(23)17(10-15)22(24)25)11-20-16-3-1-13(2-4-16)12-21-5-7-26-8-6-21/h1-4,9-11,23H,5-8,12H2. The Kier molecular flexibility index (Phi) is 5.82. The van der Waals surface area contributed by atoms with Gasteiger partial charge in [0.1, 0.15) is 19.6 Å². The number of nitro benzene ring substituents is 1. The molecule has 3 rings (SSSR count). The summed E-state index contributed by atoms with van der Waals surface area (Å²) in [6.45, 7) is 4.51. The molecule has 1 heterocycles. The Morgan fingerprint density at radius 1 is 1.23 bits per heavy atom. The van der Waals surface area contributed by atoms with E-state index in [1.165, 1.54) is 22.7 Å². The first-order valence-corrected chi connectivity index (χ1v) is 8.60. The molecule has 0 spiro atoms. The van der Waals surface area contributed by atoms with Crippen molar-refractivity contribution >= 4 is 29.2 Å². The Morgan fingerprint density at radius 2 is 1.92 bits per heavy atom. The highest BCUT2D eigenvalue weighted by Gasteiger charge is 2.14. The molecule has 0 atom stereocenters. The third-order valence-electron chi connectivity index (χ3n) is 4.20. The fraction of sp³-hybridized carbons (Fsp3) is 0.278. The molecule has 0 saturated carbocycles. The Labute approximate surface area is 155 Å². The minimum Gasteiger partial charge on any atom is -0.867 e. The van der Waals surface area contributed by atoms with Gasteiger partial charge < -0.3 is 14.7 Å². The summed E-state index contributed by atoms with van der Waals surface area (Å²) >= 11 is 5.84. The van der Waals surface area contributed by atoms with Crippen molar-refractivity contribution < 1.29 is 19.7 Å². The highest BCUT2D eigenvalue weighted by Crippen LogP contribution is 2.30. The fourth-order valence-electron chi connectivity index (χ4n) is 2.80. The molecule has 1 fully saturated rings. The number of quaternary nitrogens is 1. The summed E-state index contributed by atoms with van der Waals surface area (Å²) in [4.78, 5) is 15.9. The first-order valence-electron chi connectivity index (χ1n) is 8.22. The molecule has 1 aliphatic heterocycles. The number of nitrogens with one attached hydrogen (secondary N) is 1. The number of morpholine rings is 1. The van der Waals surface area contributed by atoms with Crippen LogP contribution in [0.1, 0.15) is 11.1 Å². The summed E-state index contributed by atoms with van der Waals surface area (Å²) in [5, 5.41) is 23.1. The van der Waals surface area contributed by atoms with Gasteiger partial charge in [-0.25, -0.2) is 0 Å². The zero-order chi connectivity index (χ0) is 18.5. The van der Waals surface area contributed by atoms with Gasteiger partial charge in [0.25, 0.3) is 5.69 Å². The Morgan fingerprint density at radius 3 is 2.58 bits per heavy atom. The maximum absolute atomic E-state index is 12.1. The molecule has 2 aromatic carbocycles. The third-order valence-corrected chi connectivity index (χ3v) is 4.42. The average molecular weight is 376 g/mol. The van der Waals surface area contributed by atoms with E-state index in [4.69, 9.17) is 16.3 Å². The van der Waals surface area contributed by atoms with Crippen LogP contribution in [0.15, 0.2) is 41.4 Å². The van der Waals surface area contributed by atoms with Crippen LogP contribution in [0.25, 0.3) is 0 Å². The van der Waals surface area contributed by atoms with Crippen molar-refractivity contribution in [3.05, 3.63) is 62.7 Å². The zero-order valence-electron chi connectivity index (χ0n) is 14.0. The number of hydrogen-bond donors (Lipinski definition) is 1. The van der Waals surface area contributed by atoms with E-state index >= 15 is 0 Å². The van der Waals surface area contributed by atoms with Crippen molar-refractivity contribution in [3.8, 4) is 5.75 Å². The van der Waals surface area contributed by atoms with Crippen LogP contribution in [-0.4, -0.2) is 37.4 Å². The second-order valence-electron chi connectivity index (χ2n) is 6.06. The molecule has 0 unspecified atom stereocenters. The minimum atomic E-state index is -0.742. The molecule has 26 heavy (non-hydrogen) atoms. The van der Waals surface area contributed by atoms with Gasteiger partial charge in [-0.3, -0.25) is 15.1 Å². The lowest BCUT2D eigenvalue weighted by atomic mass is 10.1. The van der Waals surface area contributed by atoms with Crippen molar-refractivity contribution in [2.75, 3.05) is 26.3 Å². The maximum Gasteiger partial charge on any atom is 0.263 e. The minimum absolute atomic E-state index is 0.0889. The largest absolute Gasteiger partial charge is 0.867 e. The van der Waals surface area contributed by atoms with Crippen LogP contribution in [-0.2, 0) is 11.3 Å². The van der Waals surface area contributed by atoms with Gasteiger partial charge in [-0.1, -0.05) is 23.7 Å². The van der Waals surface area contributed by atoms with Crippen molar-refractivity contribution in [2.45, 2.75) is 6.54 Å². The normalized spacial score (nSPS) is 15.4. The van der Waals surface area contributed by atoms with Gasteiger partial charge in [-0.2, -0.15) is 0 Å². The monoisotopic (exact) mass is 375 g/mol. The molecule has 136 valence electrons. The summed E-state index contributed by atoms with van der Waals surface area (Å²) in [6, 6.07) is 10.1. The molecule has 7 nitrogen and oxygen atoms in total. The van der Waals surface area contributed by atoms with E-state index in [1.807, 2.05) is 24.3 Å². The second-order valence-corrected chi connectivity index (χ2v) is 6.50. The van der Waals surface area contributed by atoms with E-state index < -0.39 is 16.4 Å². The van der Waals surface area contributed by atoms with E-state index in [9.17, 15) is 15.2 Å². The van der Waals surface area contributed by atoms with Gasteiger partial charge in [0.2, 0.25) is 0 Å². The van der Waals surface area contributed by atoms with Crippen LogP contribution in [0.3, 0.4) is 0 Å². The molecule has 0 bridgehead atoms. The Balaban J connectivity index is 1.72. The molecule has 0 radical (unpaired) electrons. The number of halogens is 1. The van der Waals surface area contributed by atoms with Crippen LogP contribution in [0, 0.1) is 10.1 Å². The smallest absolute Gasteiger partial charge is 0.263 e. The average Bonchev–Trinajstić information content (AvgIpc) is 2.64. The summed E-state index contributed by atoms with van der Waals surface area (Å²) in [7, 11) is 0. The van der Waals surface area contributed by atoms with Crippen LogP contribution in [0.4, 0.5) is 11.4 Å². The van der Waals surface area contributed by atoms with Crippen LogP contribution in [0.2, 0.25) is 5.02 Å². The predicted molar refractivity (Wildman–Crippen MR) is 96.5 cm³/mol.